The van der Waals surface area contributed by atoms with E-state index < -0.39 is 0 Å². The number of rotatable bonds is 1. The van der Waals surface area contributed by atoms with Crippen LogP contribution in [0, 0.1) is 0 Å². The molecule has 2 rings (SSSR count). The van der Waals surface area contributed by atoms with Crippen LogP contribution >= 0.6 is 23.7 Å². The largest absolute Gasteiger partial charge is 0.337 e. The van der Waals surface area contributed by atoms with Crippen LogP contribution < -0.4 is 5.73 Å². The lowest BCUT2D eigenvalue weighted by atomic mass is 10.1. The van der Waals surface area contributed by atoms with Crippen LogP contribution in [0.15, 0.2) is 16.8 Å². The van der Waals surface area contributed by atoms with E-state index >= 15 is 0 Å². The second kappa shape index (κ2) is 5.49. The topological polar surface area (TPSA) is 46.3 Å². The van der Waals surface area contributed by atoms with Gasteiger partial charge in [0.25, 0.3) is 5.91 Å². The number of nitrogens with two attached hydrogens (primary N) is 1. The van der Waals surface area contributed by atoms with E-state index in [0.29, 0.717) is 6.54 Å². The Kier molecular flexibility index (Phi) is 4.57. The SMILES string of the molecule is Cl.NC1CCCN(C(=O)c2ccsc2)C1. The van der Waals surface area contributed by atoms with E-state index in [9.17, 15) is 4.79 Å². The van der Waals surface area contributed by atoms with Crippen molar-refractivity contribution < 1.29 is 4.79 Å². The molecule has 1 amide bonds. The summed E-state index contributed by atoms with van der Waals surface area (Å²) in [5, 5.41) is 3.82. The Labute approximate surface area is 99.7 Å². The Balaban J connectivity index is 0.00000112. The molecule has 1 aliphatic rings. The molecule has 1 fully saturated rings. The first-order valence-electron chi connectivity index (χ1n) is 4.84. The summed E-state index contributed by atoms with van der Waals surface area (Å²) in [4.78, 5) is 13.7. The third kappa shape index (κ3) is 2.93. The minimum absolute atomic E-state index is 0. The molecule has 1 saturated heterocycles. The lowest BCUT2D eigenvalue weighted by molar-refractivity contribution is 0.0709. The first-order chi connectivity index (χ1) is 6.77. The van der Waals surface area contributed by atoms with Gasteiger partial charge in [0.1, 0.15) is 0 Å². The Bertz CT molecular complexity index is 315. The molecule has 1 aromatic heterocycles. The maximum atomic E-state index is 11.9. The lowest BCUT2D eigenvalue weighted by Crippen LogP contribution is -2.45. The number of nitrogens with zero attached hydrogens (tertiary/aromatic N) is 1. The molecule has 1 atom stereocenters. The van der Waals surface area contributed by atoms with Crippen molar-refractivity contribution in [1.82, 2.24) is 4.90 Å². The van der Waals surface area contributed by atoms with Crippen LogP contribution in [0.2, 0.25) is 0 Å². The summed E-state index contributed by atoms with van der Waals surface area (Å²) in [5.41, 5.74) is 6.62. The van der Waals surface area contributed by atoms with Crippen LogP contribution in [-0.2, 0) is 0 Å². The van der Waals surface area contributed by atoms with Crippen molar-refractivity contribution in [3.05, 3.63) is 22.4 Å². The monoisotopic (exact) mass is 246 g/mol. The molecule has 0 spiro atoms. The van der Waals surface area contributed by atoms with Crippen molar-refractivity contribution in [2.45, 2.75) is 18.9 Å². The van der Waals surface area contributed by atoms with Gasteiger partial charge in [0, 0.05) is 24.5 Å². The second-order valence-electron chi connectivity index (χ2n) is 3.67. The van der Waals surface area contributed by atoms with Crippen LogP contribution in [0.25, 0.3) is 0 Å². The summed E-state index contributed by atoms with van der Waals surface area (Å²) in [6.07, 6.45) is 2.06. The zero-order valence-corrected chi connectivity index (χ0v) is 10.0. The fraction of sp³-hybridized carbons (Fsp3) is 0.500. The third-order valence-electron chi connectivity index (χ3n) is 2.51. The summed E-state index contributed by atoms with van der Waals surface area (Å²) in [6.45, 7) is 1.55. The number of amides is 1. The number of carbonyl (C=O) groups excluding carboxylic acids is 1. The summed E-state index contributed by atoms with van der Waals surface area (Å²) in [7, 11) is 0. The molecule has 0 bridgehead atoms. The highest BCUT2D eigenvalue weighted by molar-refractivity contribution is 7.08. The van der Waals surface area contributed by atoms with Gasteiger partial charge < -0.3 is 10.6 Å². The molecular formula is C10H15ClN2OS. The standard InChI is InChI=1S/C10H14N2OS.ClH/c11-9-2-1-4-12(6-9)10(13)8-3-5-14-7-8;/h3,5,7,9H,1-2,4,6,11H2;1H. The Morgan fingerprint density at radius 3 is 3.00 bits per heavy atom. The molecule has 3 nitrogen and oxygen atoms in total. The first kappa shape index (κ1) is 12.5. The molecule has 0 aliphatic carbocycles. The highest BCUT2D eigenvalue weighted by Gasteiger charge is 2.22. The van der Waals surface area contributed by atoms with Crippen molar-refractivity contribution in [1.29, 1.82) is 0 Å². The Hall–Kier alpha value is -0.580. The predicted molar refractivity (Wildman–Crippen MR) is 64.7 cm³/mol. The highest BCUT2D eigenvalue weighted by atomic mass is 35.5. The highest BCUT2D eigenvalue weighted by Crippen LogP contribution is 2.14. The zero-order valence-electron chi connectivity index (χ0n) is 8.39. The summed E-state index contributed by atoms with van der Waals surface area (Å²) >= 11 is 1.55. The van der Waals surface area contributed by atoms with Gasteiger partial charge in [-0.25, -0.2) is 0 Å². The van der Waals surface area contributed by atoms with Crippen molar-refractivity contribution in [2.24, 2.45) is 5.73 Å². The fourth-order valence-corrected chi connectivity index (χ4v) is 2.39. The van der Waals surface area contributed by atoms with Crippen LogP contribution in [0.4, 0.5) is 0 Å². The molecule has 0 saturated carbocycles. The average molecular weight is 247 g/mol. The molecule has 1 unspecified atom stereocenters. The Morgan fingerprint density at radius 2 is 2.40 bits per heavy atom. The second-order valence-corrected chi connectivity index (χ2v) is 4.45. The zero-order chi connectivity index (χ0) is 9.97. The molecule has 15 heavy (non-hydrogen) atoms. The number of thiophene rings is 1. The van der Waals surface area contributed by atoms with Gasteiger partial charge in [-0.05, 0) is 24.3 Å². The maximum Gasteiger partial charge on any atom is 0.254 e. The quantitative estimate of drug-likeness (QED) is 0.821. The maximum absolute atomic E-state index is 11.9. The van der Waals surface area contributed by atoms with Gasteiger partial charge in [-0.1, -0.05) is 0 Å². The van der Waals surface area contributed by atoms with E-state index in [1.807, 2.05) is 21.7 Å². The number of hydrogen-bond acceptors (Lipinski definition) is 3. The van der Waals surface area contributed by atoms with E-state index in [1.165, 1.54) is 0 Å². The van der Waals surface area contributed by atoms with Crippen LogP contribution in [0.5, 0.6) is 0 Å². The van der Waals surface area contributed by atoms with E-state index in [-0.39, 0.29) is 24.4 Å². The van der Waals surface area contributed by atoms with Crippen molar-refractivity contribution in [3.8, 4) is 0 Å². The van der Waals surface area contributed by atoms with Crippen molar-refractivity contribution in [2.75, 3.05) is 13.1 Å². The minimum atomic E-state index is 0. The molecule has 5 heteroatoms. The Morgan fingerprint density at radius 1 is 1.60 bits per heavy atom. The van der Waals surface area contributed by atoms with Crippen LogP contribution in [0.3, 0.4) is 0 Å². The van der Waals surface area contributed by atoms with Crippen molar-refractivity contribution in [3.63, 3.8) is 0 Å². The average Bonchev–Trinajstić information content (AvgIpc) is 2.69. The van der Waals surface area contributed by atoms with Gasteiger partial charge in [0.15, 0.2) is 0 Å². The van der Waals surface area contributed by atoms with E-state index in [1.54, 1.807) is 11.3 Å². The third-order valence-corrected chi connectivity index (χ3v) is 3.20. The molecule has 1 aromatic rings. The summed E-state index contributed by atoms with van der Waals surface area (Å²) < 4.78 is 0. The van der Waals surface area contributed by atoms with Gasteiger partial charge in [0.05, 0.1) is 5.56 Å². The van der Waals surface area contributed by atoms with Crippen LogP contribution in [0.1, 0.15) is 23.2 Å². The van der Waals surface area contributed by atoms with E-state index in [4.69, 9.17) is 5.73 Å². The summed E-state index contributed by atoms with van der Waals surface area (Å²) in [5.74, 6) is 0.126. The molecule has 2 heterocycles. The number of likely N-dealkylation sites (tertiary alicyclic amines) is 1. The minimum Gasteiger partial charge on any atom is -0.337 e. The number of carbonyl (C=O) groups is 1. The van der Waals surface area contributed by atoms with E-state index in [2.05, 4.69) is 0 Å². The van der Waals surface area contributed by atoms with Crippen LogP contribution in [-0.4, -0.2) is 29.9 Å². The molecule has 2 N–H and O–H groups in total. The van der Waals surface area contributed by atoms with Gasteiger partial charge in [-0.2, -0.15) is 11.3 Å². The molecule has 84 valence electrons. The van der Waals surface area contributed by atoms with Gasteiger partial charge in [-0.15, -0.1) is 12.4 Å². The van der Waals surface area contributed by atoms with Gasteiger partial charge in [0.2, 0.25) is 0 Å². The smallest absolute Gasteiger partial charge is 0.254 e. The van der Waals surface area contributed by atoms with E-state index in [0.717, 1.165) is 24.9 Å². The summed E-state index contributed by atoms with van der Waals surface area (Å²) in [6, 6.07) is 2.03. The number of piperidine rings is 1. The lowest BCUT2D eigenvalue weighted by Gasteiger charge is -2.30. The van der Waals surface area contributed by atoms with Crippen molar-refractivity contribution >= 4 is 29.7 Å². The normalized spacial score (nSPS) is 20.9. The molecule has 1 aliphatic heterocycles. The number of hydrogen-bond donors (Lipinski definition) is 1. The fourth-order valence-electron chi connectivity index (χ4n) is 1.76. The van der Waals surface area contributed by atoms with Gasteiger partial charge >= 0.3 is 0 Å². The first-order valence-corrected chi connectivity index (χ1v) is 5.78. The molecule has 0 aromatic carbocycles. The molecule has 0 radical (unpaired) electrons. The van der Waals surface area contributed by atoms with Gasteiger partial charge in [-0.3, -0.25) is 4.79 Å². The predicted octanol–water partition coefficient (Wildman–Crippen LogP) is 1.73. The number of halogens is 1. The molecular weight excluding hydrogens is 232 g/mol.